The number of hydrogen-bond acceptors (Lipinski definition) is 2. The Hall–Kier alpha value is -1.62. The third-order valence-electron chi connectivity index (χ3n) is 3.51. The van der Waals surface area contributed by atoms with Gasteiger partial charge in [0, 0.05) is 18.2 Å². The molecular weight excluding hydrogens is 283 g/mol. The third-order valence-corrected chi connectivity index (χ3v) is 3.80. The lowest BCUT2D eigenvalue weighted by Gasteiger charge is -2.34. The number of hydrogen-bond donors (Lipinski definition) is 1. The molecule has 2 amide bonds. The van der Waals surface area contributed by atoms with Gasteiger partial charge >= 0.3 is 0 Å². The highest BCUT2D eigenvalue weighted by atomic mass is 35.5. The molecule has 1 N–H and O–H groups in total. The first-order chi connectivity index (χ1) is 9.61. The van der Waals surface area contributed by atoms with Crippen molar-refractivity contribution in [2.24, 2.45) is 0 Å². The molecule has 1 aliphatic carbocycles. The molecule has 0 aliphatic heterocycles. The van der Waals surface area contributed by atoms with Crippen LogP contribution in [0.2, 0.25) is 5.02 Å². The maximum Gasteiger partial charge on any atom is 0.239 e. The van der Waals surface area contributed by atoms with Crippen LogP contribution < -0.4 is 5.32 Å². The summed E-state index contributed by atoms with van der Waals surface area (Å²) in [6.07, 6.45) is 3.66. The molecule has 6 heteroatoms. The molecule has 0 heterocycles. The first-order valence-electron chi connectivity index (χ1n) is 6.52. The van der Waals surface area contributed by atoms with Crippen LogP contribution in [0.1, 0.15) is 24.8 Å². The fraction of sp³-hybridized carbons (Fsp3) is 0.429. The van der Waals surface area contributed by atoms with Gasteiger partial charge in [0.05, 0.1) is 11.6 Å². The number of nitrogens with zero attached hydrogens (tertiary/aromatic N) is 1. The van der Waals surface area contributed by atoms with Crippen molar-refractivity contribution in [1.82, 2.24) is 10.2 Å². The predicted molar refractivity (Wildman–Crippen MR) is 73.7 cm³/mol. The van der Waals surface area contributed by atoms with Crippen LogP contribution in [0.4, 0.5) is 4.39 Å². The number of benzene rings is 1. The zero-order valence-electron chi connectivity index (χ0n) is 10.9. The Bertz CT molecular complexity index is 506. The first kappa shape index (κ1) is 14.8. The van der Waals surface area contributed by atoms with Crippen LogP contribution in [0.3, 0.4) is 0 Å². The zero-order chi connectivity index (χ0) is 14.5. The lowest BCUT2D eigenvalue weighted by atomic mass is 9.92. The molecule has 108 valence electrons. The van der Waals surface area contributed by atoms with Crippen LogP contribution in [0.5, 0.6) is 0 Å². The van der Waals surface area contributed by atoms with Crippen molar-refractivity contribution in [1.29, 1.82) is 0 Å². The van der Waals surface area contributed by atoms with Gasteiger partial charge in [-0.2, -0.15) is 0 Å². The Morgan fingerprint density at radius 1 is 1.50 bits per heavy atom. The molecule has 1 fully saturated rings. The van der Waals surface area contributed by atoms with Gasteiger partial charge in [-0.15, -0.1) is 0 Å². The van der Waals surface area contributed by atoms with E-state index in [1.807, 2.05) is 0 Å². The van der Waals surface area contributed by atoms with Gasteiger partial charge in [0.15, 0.2) is 0 Å². The zero-order valence-corrected chi connectivity index (χ0v) is 11.7. The molecular formula is C14H16ClFN2O2. The SMILES string of the molecule is O=CN(CC(=O)NCc1cccc(Cl)c1F)C1CCC1. The summed E-state index contributed by atoms with van der Waals surface area (Å²) < 4.78 is 13.6. The summed E-state index contributed by atoms with van der Waals surface area (Å²) in [5, 5.41) is 2.63. The predicted octanol–water partition coefficient (Wildman–Crippen LogP) is 2.11. The summed E-state index contributed by atoms with van der Waals surface area (Å²) in [4.78, 5) is 24.2. The maximum atomic E-state index is 13.6. The van der Waals surface area contributed by atoms with Crippen LogP contribution in [-0.4, -0.2) is 29.8 Å². The molecule has 0 bridgehead atoms. The minimum absolute atomic E-state index is 0.0103. The highest BCUT2D eigenvalue weighted by molar-refractivity contribution is 6.30. The summed E-state index contributed by atoms with van der Waals surface area (Å²) in [6.45, 7) is 0.0684. The summed E-state index contributed by atoms with van der Waals surface area (Å²) in [5.41, 5.74) is 0.326. The van der Waals surface area contributed by atoms with Crippen molar-refractivity contribution in [3.8, 4) is 0 Å². The summed E-state index contributed by atoms with van der Waals surface area (Å²) >= 11 is 5.66. The van der Waals surface area contributed by atoms with Crippen molar-refractivity contribution >= 4 is 23.9 Å². The average molecular weight is 299 g/mol. The fourth-order valence-electron chi connectivity index (χ4n) is 2.07. The molecule has 0 atom stereocenters. The van der Waals surface area contributed by atoms with E-state index in [4.69, 9.17) is 11.6 Å². The van der Waals surface area contributed by atoms with Gasteiger partial charge in [0.2, 0.25) is 12.3 Å². The van der Waals surface area contributed by atoms with E-state index in [1.54, 1.807) is 12.1 Å². The van der Waals surface area contributed by atoms with Gasteiger partial charge in [0.25, 0.3) is 0 Å². The van der Waals surface area contributed by atoms with Gasteiger partial charge < -0.3 is 10.2 Å². The molecule has 0 unspecified atom stereocenters. The van der Waals surface area contributed by atoms with Gasteiger partial charge in [-0.1, -0.05) is 23.7 Å². The van der Waals surface area contributed by atoms with Crippen molar-refractivity contribution < 1.29 is 14.0 Å². The molecule has 4 nitrogen and oxygen atoms in total. The van der Waals surface area contributed by atoms with E-state index in [1.165, 1.54) is 11.0 Å². The standard InChI is InChI=1S/C14H16ClFN2O2/c15-12-6-1-3-10(14(12)16)7-17-13(20)8-18(9-19)11-4-2-5-11/h1,3,6,9,11H,2,4-5,7-8H2,(H,17,20). The second kappa shape index (κ2) is 6.70. The molecule has 1 aromatic rings. The second-order valence-corrected chi connectivity index (χ2v) is 5.26. The molecule has 0 aromatic heterocycles. The Kier molecular flexibility index (Phi) is 4.95. The third kappa shape index (κ3) is 3.48. The monoisotopic (exact) mass is 298 g/mol. The van der Waals surface area contributed by atoms with E-state index in [-0.39, 0.29) is 30.1 Å². The minimum Gasteiger partial charge on any atom is -0.350 e. The fourth-order valence-corrected chi connectivity index (χ4v) is 2.27. The largest absolute Gasteiger partial charge is 0.350 e. The van der Waals surface area contributed by atoms with Crippen LogP contribution in [-0.2, 0) is 16.1 Å². The Morgan fingerprint density at radius 2 is 2.25 bits per heavy atom. The molecule has 1 saturated carbocycles. The quantitative estimate of drug-likeness (QED) is 0.818. The minimum atomic E-state index is -0.527. The topological polar surface area (TPSA) is 49.4 Å². The molecule has 20 heavy (non-hydrogen) atoms. The highest BCUT2D eigenvalue weighted by Gasteiger charge is 2.25. The molecule has 1 aliphatic rings. The van der Waals surface area contributed by atoms with Crippen LogP contribution in [0.15, 0.2) is 18.2 Å². The normalized spacial score (nSPS) is 14.5. The number of rotatable bonds is 6. The van der Waals surface area contributed by atoms with Gasteiger partial charge in [-0.05, 0) is 25.3 Å². The number of carbonyl (C=O) groups is 2. The van der Waals surface area contributed by atoms with Crippen molar-refractivity contribution in [3.63, 3.8) is 0 Å². The number of carbonyl (C=O) groups excluding carboxylic acids is 2. The van der Waals surface area contributed by atoms with Gasteiger partial charge in [-0.25, -0.2) is 4.39 Å². The second-order valence-electron chi connectivity index (χ2n) is 4.85. The Balaban J connectivity index is 1.85. The molecule has 0 saturated heterocycles. The van der Waals surface area contributed by atoms with E-state index < -0.39 is 5.82 Å². The van der Waals surface area contributed by atoms with Crippen LogP contribution >= 0.6 is 11.6 Å². The number of amides is 2. The van der Waals surface area contributed by atoms with E-state index in [9.17, 15) is 14.0 Å². The highest BCUT2D eigenvalue weighted by Crippen LogP contribution is 2.23. The smallest absolute Gasteiger partial charge is 0.239 e. The molecule has 1 aromatic carbocycles. The van der Waals surface area contributed by atoms with Crippen molar-refractivity contribution in [2.75, 3.05) is 6.54 Å². The van der Waals surface area contributed by atoms with Crippen molar-refractivity contribution in [2.45, 2.75) is 31.8 Å². The van der Waals surface area contributed by atoms with Crippen molar-refractivity contribution in [3.05, 3.63) is 34.6 Å². The number of nitrogens with one attached hydrogen (secondary N) is 1. The summed E-state index contributed by atoms with van der Waals surface area (Å²) in [7, 11) is 0. The lowest BCUT2D eigenvalue weighted by Crippen LogP contribution is -2.45. The van der Waals surface area contributed by atoms with Gasteiger partial charge in [-0.3, -0.25) is 9.59 Å². The van der Waals surface area contributed by atoms with E-state index in [0.29, 0.717) is 12.0 Å². The molecule has 0 radical (unpaired) electrons. The van der Waals surface area contributed by atoms with E-state index >= 15 is 0 Å². The molecule has 2 rings (SSSR count). The Labute approximate surface area is 121 Å². The van der Waals surface area contributed by atoms with Gasteiger partial charge in [0.1, 0.15) is 5.82 Å². The first-order valence-corrected chi connectivity index (χ1v) is 6.90. The van der Waals surface area contributed by atoms with E-state index in [0.717, 1.165) is 19.3 Å². The Morgan fingerprint density at radius 3 is 2.85 bits per heavy atom. The summed E-state index contributed by atoms with van der Waals surface area (Å²) in [5.74, 6) is -0.830. The van der Waals surface area contributed by atoms with Crippen LogP contribution in [0, 0.1) is 5.82 Å². The molecule has 0 spiro atoms. The van der Waals surface area contributed by atoms with E-state index in [2.05, 4.69) is 5.32 Å². The summed E-state index contributed by atoms with van der Waals surface area (Å²) in [6, 6.07) is 4.80. The lowest BCUT2D eigenvalue weighted by molar-refractivity contribution is -0.131. The maximum absolute atomic E-state index is 13.6. The van der Waals surface area contributed by atoms with Crippen LogP contribution in [0.25, 0.3) is 0 Å². The number of halogens is 2. The average Bonchev–Trinajstić information content (AvgIpc) is 2.37.